The van der Waals surface area contributed by atoms with Gasteiger partial charge in [-0.2, -0.15) is 0 Å². The van der Waals surface area contributed by atoms with Crippen LogP contribution in [-0.4, -0.2) is 55.1 Å². The van der Waals surface area contributed by atoms with Gasteiger partial charge in [-0.3, -0.25) is 9.59 Å². The molecule has 3 rings (SSSR count). The van der Waals surface area contributed by atoms with Gasteiger partial charge in [-0.05, 0) is 25.3 Å². The van der Waals surface area contributed by atoms with Crippen molar-refractivity contribution in [3.05, 3.63) is 35.9 Å². The van der Waals surface area contributed by atoms with Crippen LogP contribution in [0.2, 0.25) is 0 Å². The molecule has 0 saturated carbocycles. The predicted octanol–water partition coefficient (Wildman–Crippen LogP) is 1.23. The molecular formula is C19H27N3O3. The molecule has 6 heteroatoms. The van der Waals surface area contributed by atoms with Crippen molar-refractivity contribution in [3.8, 4) is 0 Å². The largest absolute Gasteiger partial charge is 0.376 e. The highest BCUT2D eigenvalue weighted by Crippen LogP contribution is 2.16. The van der Waals surface area contributed by atoms with E-state index in [0.717, 1.165) is 25.0 Å². The predicted molar refractivity (Wildman–Crippen MR) is 95.0 cm³/mol. The molecule has 2 aliphatic heterocycles. The van der Waals surface area contributed by atoms with Gasteiger partial charge in [-0.15, -0.1) is 0 Å². The minimum absolute atomic E-state index is 0.00395. The Balaban J connectivity index is 1.50. The quantitative estimate of drug-likeness (QED) is 0.814. The van der Waals surface area contributed by atoms with E-state index in [9.17, 15) is 9.59 Å². The van der Waals surface area contributed by atoms with Gasteiger partial charge in [-0.1, -0.05) is 30.3 Å². The average Bonchev–Trinajstić information content (AvgIpc) is 3.12. The van der Waals surface area contributed by atoms with Crippen LogP contribution in [0.3, 0.4) is 0 Å². The Bertz CT molecular complexity index is 587. The second kappa shape index (κ2) is 8.45. The summed E-state index contributed by atoms with van der Waals surface area (Å²) in [5, 5.41) is 6.15. The molecule has 0 radical (unpaired) electrons. The van der Waals surface area contributed by atoms with Gasteiger partial charge < -0.3 is 20.3 Å². The Morgan fingerprint density at radius 2 is 2.20 bits per heavy atom. The first-order valence-corrected chi connectivity index (χ1v) is 9.11. The van der Waals surface area contributed by atoms with Crippen molar-refractivity contribution in [1.82, 2.24) is 15.5 Å². The van der Waals surface area contributed by atoms with Crippen LogP contribution in [0.15, 0.2) is 30.3 Å². The van der Waals surface area contributed by atoms with Crippen molar-refractivity contribution in [2.24, 2.45) is 0 Å². The van der Waals surface area contributed by atoms with Gasteiger partial charge in [0.1, 0.15) is 0 Å². The monoisotopic (exact) mass is 345 g/mol. The second-order valence-electron chi connectivity index (χ2n) is 6.83. The van der Waals surface area contributed by atoms with Gasteiger partial charge in [0, 0.05) is 26.2 Å². The Morgan fingerprint density at radius 1 is 1.40 bits per heavy atom. The lowest BCUT2D eigenvalue weighted by Crippen LogP contribution is -2.57. The van der Waals surface area contributed by atoms with Gasteiger partial charge in [0.05, 0.1) is 24.6 Å². The summed E-state index contributed by atoms with van der Waals surface area (Å²) in [6.45, 7) is 4.77. The molecule has 0 aromatic heterocycles. The van der Waals surface area contributed by atoms with Crippen LogP contribution in [0, 0.1) is 0 Å². The normalized spacial score (nSPS) is 25.0. The molecule has 6 nitrogen and oxygen atoms in total. The topological polar surface area (TPSA) is 70.7 Å². The van der Waals surface area contributed by atoms with E-state index >= 15 is 0 Å². The first-order valence-electron chi connectivity index (χ1n) is 9.11. The zero-order chi connectivity index (χ0) is 17.6. The molecule has 2 fully saturated rings. The lowest BCUT2D eigenvalue weighted by molar-refractivity contribution is -0.139. The molecule has 1 aromatic rings. The van der Waals surface area contributed by atoms with Crippen molar-refractivity contribution in [1.29, 1.82) is 0 Å². The Hall–Kier alpha value is -1.92. The van der Waals surface area contributed by atoms with Crippen molar-refractivity contribution in [2.45, 2.75) is 44.4 Å². The summed E-state index contributed by atoms with van der Waals surface area (Å²) in [5.74, 6) is -0.106. The highest BCUT2D eigenvalue weighted by atomic mass is 16.5. The Morgan fingerprint density at radius 3 is 2.92 bits per heavy atom. The van der Waals surface area contributed by atoms with E-state index in [4.69, 9.17) is 4.74 Å². The Kier molecular flexibility index (Phi) is 6.04. The molecule has 0 spiro atoms. The molecule has 3 unspecified atom stereocenters. The maximum absolute atomic E-state index is 12.6. The van der Waals surface area contributed by atoms with Crippen LogP contribution in [0.5, 0.6) is 0 Å². The van der Waals surface area contributed by atoms with Crippen LogP contribution < -0.4 is 10.6 Å². The van der Waals surface area contributed by atoms with Gasteiger partial charge in [0.2, 0.25) is 11.8 Å². The van der Waals surface area contributed by atoms with Crippen LogP contribution in [0.4, 0.5) is 0 Å². The number of benzene rings is 1. The summed E-state index contributed by atoms with van der Waals surface area (Å²) >= 11 is 0. The van der Waals surface area contributed by atoms with Crippen LogP contribution in [0.1, 0.15) is 37.8 Å². The summed E-state index contributed by atoms with van der Waals surface area (Å²) in [5.41, 5.74) is 1.05. The lowest BCUT2D eigenvalue weighted by Gasteiger charge is -2.34. The van der Waals surface area contributed by atoms with Gasteiger partial charge in [-0.25, -0.2) is 0 Å². The second-order valence-corrected chi connectivity index (χ2v) is 6.83. The number of hydrogen-bond donors (Lipinski definition) is 2. The van der Waals surface area contributed by atoms with Crippen LogP contribution in [0.25, 0.3) is 0 Å². The minimum Gasteiger partial charge on any atom is -0.376 e. The third kappa shape index (κ3) is 4.80. The first-order chi connectivity index (χ1) is 12.1. The molecule has 0 aliphatic carbocycles. The van der Waals surface area contributed by atoms with Crippen molar-refractivity contribution >= 4 is 11.8 Å². The number of nitrogens with zero attached hydrogens (tertiary/aromatic N) is 1. The molecule has 3 atom stereocenters. The zero-order valence-corrected chi connectivity index (χ0v) is 14.7. The molecule has 0 bridgehead atoms. The minimum atomic E-state index is -0.446. The maximum atomic E-state index is 12.6. The van der Waals surface area contributed by atoms with E-state index in [-0.39, 0.29) is 30.4 Å². The number of piperazine rings is 1. The van der Waals surface area contributed by atoms with E-state index in [0.29, 0.717) is 19.6 Å². The number of hydrogen-bond acceptors (Lipinski definition) is 4. The van der Waals surface area contributed by atoms with E-state index in [2.05, 4.69) is 10.6 Å². The summed E-state index contributed by atoms with van der Waals surface area (Å²) < 4.78 is 5.63. The van der Waals surface area contributed by atoms with Crippen molar-refractivity contribution in [2.75, 3.05) is 26.2 Å². The van der Waals surface area contributed by atoms with E-state index in [1.165, 1.54) is 0 Å². The SMILES string of the molecule is CC(NC(=O)CC1NCCN(CC2CCCO2)C1=O)c1ccccc1. The zero-order valence-electron chi connectivity index (χ0n) is 14.7. The summed E-state index contributed by atoms with van der Waals surface area (Å²) in [6.07, 6.45) is 2.39. The molecule has 2 saturated heterocycles. The van der Waals surface area contributed by atoms with Gasteiger partial charge in [0.15, 0.2) is 0 Å². The fourth-order valence-electron chi connectivity index (χ4n) is 3.48. The summed E-state index contributed by atoms with van der Waals surface area (Å²) in [6, 6.07) is 9.30. The Labute approximate surface area is 148 Å². The number of amides is 2. The van der Waals surface area contributed by atoms with Gasteiger partial charge >= 0.3 is 0 Å². The van der Waals surface area contributed by atoms with Crippen molar-refractivity contribution < 1.29 is 14.3 Å². The molecular weight excluding hydrogens is 318 g/mol. The number of carbonyl (C=O) groups excluding carboxylic acids is 2. The number of ether oxygens (including phenoxy) is 1. The molecule has 2 heterocycles. The fraction of sp³-hybridized carbons (Fsp3) is 0.579. The smallest absolute Gasteiger partial charge is 0.240 e. The summed E-state index contributed by atoms with van der Waals surface area (Å²) in [7, 11) is 0. The average molecular weight is 345 g/mol. The third-order valence-electron chi connectivity index (χ3n) is 4.90. The van der Waals surface area contributed by atoms with Crippen LogP contribution in [-0.2, 0) is 14.3 Å². The third-order valence-corrected chi connectivity index (χ3v) is 4.90. The molecule has 2 N–H and O–H groups in total. The van der Waals surface area contributed by atoms with E-state index in [1.54, 1.807) is 0 Å². The molecule has 136 valence electrons. The molecule has 1 aromatic carbocycles. The first kappa shape index (κ1) is 17.9. The standard InChI is InChI=1S/C19H27N3O3/c1-14(15-6-3-2-4-7-15)21-18(23)12-17-19(24)22(10-9-20-17)13-16-8-5-11-25-16/h2-4,6-7,14,16-17,20H,5,8-13H2,1H3,(H,21,23). The molecule has 2 amide bonds. The van der Waals surface area contributed by atoms with Crippen molar-refractivity contribution in [3.63, 3.8) is 0 Å². The molecule has 2 aliphatic rings. The molecule has 25 heavy (non-hydrogen) atoms. The highest BCUT2D eigenvalue weighted by Gasteiger charge is 2.32. The lowest BCUT2D eigenvalue weighted by atomic mass is 10.1. The van der Waals surface area contributed by atoms with E-state index in [1.807, 2.05) is 42.2 Å². The van der Waals surface area contributed by atoms with Gasteiger partial charge in [0.25, 0.3) is 0 Å². The van der Waals surface area contributed by atoms with Crippen LogP contribution >= 0.6 is 0 Å². The highest BCUT2D eigenvalue weighted by molar-refractivity contribution is 5.89. The number of rotatable bonds is 6. The number of carbonyl (C=O) groups is 2. The maximum Gasteiger partial charge on any atom is 0.240 e. The fourth-order valence-corrected chi connectivity index (χ4v) is 3.48. The summed E-state index contributed by atoms with van der Waals surface area (Å²) in [4.78, 5) is 26.8. The number of nitrogens with one attached hydrogen (secondary N) is 2. The van der Waals surface area contributed by atoms with E-state index < -0.39 is 6.04 Å².